The minimum absolute atomic E-state index is 0. The van der Waals surface area contributed by atoms with E-state index in [0.29, 0.717) is 0 Å². The van der Waals surface area contributed by atoms with Crippen molar-refractivity contribution < 1.29 is 21.5 Å². The van der Waals surface area contributed by atoms with Gasteiger partial charge in [0.25, 0.3) is 0 Å². The van der Waals surface area contributed by atoms with Crippen LogP contribution in [-0.2, 0) is 13.1 Å². The molecule has 1 heterocycles. The number of hydrogen-bond donors (Lipinski definition) is 0. The van der Waals surface area contributed by atoms with E-state index >= 15 is 0 Å². The molecule has 1 aliphatic heterocycles. The van der Waals surface area contributed by atoms with E-state index in [4.69, 9.17) is 11.6 Å². The number of rotatable bonds is 7. The Hall–Kier alpha value is -2.43. The highest BCUT2D eigenvalue weighted by atomic mass is 79.9. The lowest BCUT2D eigenvalue weighted by Gasteiger charge is -2.47. The maximum absolute atomic E-state index is 6.25. The molecule has 4 aromatic carbocycles. The average molecular weight is 576 g/mol. The highest BCUT2D eigenvalue weighted by molar-refractivity contribution is 6.30. The molecule has 4 heteroatoms. The van der Waals surface area contributed by atoms with Crippen molar-refractivity contribution in [3.05, 3.63) is 142 Å². The van der Waals surface area contributed by atoms with E-state index < -0.39 is 0 Å². The van der Waals surface area contributed by atoms with Gasteiger partial charge in [0.15, 0.2) is 0 Å². The summed E-state index contributed by atoms with van der Waals surface area (Å²) in [4.78, 5) is 2.67. The predicted octanol–water partition coefficient (Wildman–Crippen LogP) is 4.58. The van der Waals surface area contributed by atoms with Gasteiger partial charge in [0.2, 0.25) is 0 Å². The quantitative estimate of drug-likeness (QED) is 0.292. The summed E-state index contributed by atoms with van der Waals surface area (Å²) in [5.41, 5.74) is 8.21. The first kappa shape index (κ1) is 27.6. The van der Waals surface area contributed by atoms with Crippen LogP contribution in [0.2, 0.25) is 5.02 Å². The summed E-state index contributed by atoms with van der Waals surface area (Å²) < 4.78 is 1.09. The topological polar surface area (TPSA) is 3.24 Å². The number of nitrogens with zero attached hydrogens (tertiary/aromatic N) is 2. The fourth-order valence-electron chi connectivity index (χ4n) is 5.83. The second-order valence-corrected chi connectivity index (χ2v) is 10.9. The third-order valence-electron chi connectivity index (χ3n) is 7.59. The molecule has 0 saturated carbocycles. The zero-order chi connectivity index (χ0) is 25.0. The molecule has 0 amide bonds. The number of aryl methyl sites for hydroxylation is 2. The molecule has 0 spiro atoms. The summed E-state index contributed by atoms with van der Waals surface area (Å²) in [7, 11) is 0. The summed E-state index contributed by atoms with van der Waals surface area (Å²) >= 11 is 6.25. The summed E-state index contributed by atoms with van der Waals surface area (Å²) in [6, 6.07) is 37.7. The second-order valence-electron chi connectivity index (χ2n) is 10.5. The van der Waals surface area contributed by atoms with Crippen LogP contribution >= 0.6 is 11.6 Å². The first-order chi connectivity index (χ1) is 17.5. The molecule has 2 nitrogen and oxygen atoms in total. The van der Waals surface area contributed by atoms with Gasteiger partial charge in [-0.25, -0.2) is 0 Å². The second kappa shape index (κ2) is 12.4. The van der Waals surface area contributed by atoms with Crippen molar-refractivity contribution >= 4 is 11.6 Å². The lowest BCUT2D eigenvalue weighted by molar-refractivity contribution is -0.957. The van der Waals surface area contributed by atoms with Gasteiger partial charge in [-0.2, -0.15) is 0 Å². The van der Waals surface area contributed by atoms with Gasteiger partial charge in [0.1, 0.15) is 13.1 Å². The Labute approximate surface area is 237 Å². The Morgan fingerprint density at radius 2 is 1.19 bits per heavy atom. The van der Waals surface area contributed by atoms with Gasteiger partial charge in [0.05, 0.1) is 19.1 Å². The van der Waals surface area contributed by atoms with E-state index in [-0.39, 0.29) is 23.0 Å². The number of benzene rings is 4. The molecule has 1 aliphatic rings. The molecule has 0 bridgehead atoms. The van der Waals surface area contributed by atoms with Crippen LogP contribution in [0.4, 0.5) is 0 Å². The van der Waals surface area contributed by atoms with Crippen LogP contribution in [0.1, 0.15) is 39.4 Å². The normalized spacial score (nSPS) is 16.1. The van der Waals surface area contributed by atoms with Crippen molar-refractivity contribution in [3.8, 4) is 0 Å². The van der Waals surface area contributed by atoms with Crippen molar-refractivity contribution in [2.24, 2.45) is 0 Å². The van der Waals surface area contributed by atoms with E-state index in [2.05, 4.69) is 110 Å². The highest BCUT2D eigenvalue weighted by Gasteiger charge is 2.36. The van der Waals surface area contributed by atoms with Crippen LogP contribution < -0.4 is 17.0 Å². The SMILES string of the molecule is Cc1cccc(C[N+]2(Cc3cccc(C)c3)CCN(C(c3ccccc3)c3ccc(Cl)cc3)CC2)c1.[Br-]. The van der Waals surface area contributed by atoms with Crippen LogP contribution in [-0.4, -0.2) is 35.6 Å². The lowest BCUT2D eigenvalue weighted by Crippen LogP contribution is -3.00. The van der Waals surface area contributed by atoms with Gasteiger partial charge in [-0.05, 0) is 37.1 Å². The molecule has 37 heavy (non-hydrogen) atoms. The average Bonchev–Trinajstić information content (AvgIpc) is 2.87. The third-order valence-corrected chi connectivity index (χ3v) is 7.84. The zero-order valence-corrected chi connectivity index (χ0v) is 24.1. The van der Waals surface area contributed by atoms with Crippen molar-refractivity contribution in [2.75, 3.05) is 26.2 Å². The smallest absolute Gasteiger partial charge is 0.105 e. The van der Waals surface area contributed by atoms with E-state index in [1.165, 1.54) is 33.4 Å². The van der Waals surface area contributed by atoms with Crippen LogP contribution in [0.3, 0.4) is 0 Å². The molecule has 1 fully saturated rings. The molecule has 0 aliphatic carbocycles. The van der Waals surface area contributed by atoms with Crippen LogP contribution in [0.15, 0.2) is 103 Å². The first-order valence-electron chi connectivity index (χ1n) is 13.0. The van der Waals surface area contributed by atoms with Crippen molar-refractivity contribution in [1.29, 1.82) is 0 Å². The van der Waals surface area contributed by atoms with Crippen LogP contribution in [0.5, 0.6) is 0 Å². The third kappa shape index (κ3) is 6.91. The molecule has 0 N–H and O–H groups in total. The van der Waals surface area contributed by atoms with Crippen molar-refractivity contribution in [1.82, 2.24) is 4.90 Å². The minimum Gasteiger partial charge on any atom is -1.00 e. The number of hydrogen-bond acceptors (Lipinski definition) is 1. The van der Waals surface area contributed by atoms with Crippen molar-refractivity contribution in [3.63, 3.8) is 0 Å². The molecule has 0 aromatic heterocycles. The molecule has 0 radical (unpaired) electrons. The fourth-order valence-corrected chi connectivity index (χ4v) is 5.95. The molecule has 1 unspecified atom stereocenters. The van der Waals surface area contributed by atoms with Gasteiger partial charge < -0.3 is 21.5 Å². The van der Waals surface area contributed by atoms with Gasteiger partial charge in [-0.3, -0.25) is 4.90 Å². The Kier molecular flexibility index (Phi) is 9.26. The summed E-state index contributed by atoms with van der Waals surface area (Å²) in [6.07, 6.45) is 0. The predicted molar refractivity (Wildman–Crippen MR) is 151 cm³/mol. The molecule has 192 valence electrons. The van der Waals surface area contributed by atoms with E-state index in [1.54, 1.807) is 0 Å². The Bertz CT molecular complexity index is 1230. The van der Waals surface area contributed by atoms with Gasteiger partial charge in [-0.15, -0.1) is 0 Å². The molecule has 1 atom stereocenters. The number of halogens is 2. The van der Waals surface area contributed by atoms with Gasteiger partial charge in [0, 0.05) is 29.2 Å². The first-order valence-corrected chi connectivity index (χ1v) is 13.4. The highest BCUT2D eigenvalue weighted by Crippen LogP contribution is 2.33. The maximum Gasteiger partial charge on any atom is 0.105 e. The molecular formula is C33H36BrClN2. The Morgan fingerprint density at radius 3 is 1.70 bits per heavy atom. The minimum atomic E-state index is 0. The number of quaternary nitrogens is 1. The summed E-state index contributed by atoms with van der Waals surface area (Å²) in [6.45, 7) is 10.9. The number of piperazine rings is 1. The monoisotopic (exact) mass is 574 g/mol. The Morgan fingerprint density at radius 1 is 0.676 bits per heavy atom. The summed E-state index contributed by atoms with van der Waals surface area (Å²) in [5.74, 6) is 0. The van der Waals surface area contributed by atoms with Gasteiger partial charge >= 0.3 is 0 Å². The largest absolute Gasteiger partial charge is 1.00 e. The van der Waals surface area contributed by atoms with Crippen molar-refractivity contribution in [2.45, 2.75) is 33.0 Å². The zero-order valence-electron chi connectivity index (χ0n) is 21.8. The van der Waals surface area contributed by atoms with Crippen LogP contribution in [0, 0.1) is 13.8 Å². The van der Waals surface area contributed by atoms with Gasteiger partial charge in [-0.1, -0.05) is 114 Å². The standard InChI is InChI=1S/C33H36ClN2.BrH/c1-26-8-6-10-28(22-26)24-36(25-29-11-7-9-27(2)23-29)20-18-35(19-21-36)33(30-12-4-3-5-13-30)31-14-16-32(34)17-15-31;/h3-17,22-23,33H,18-21,24-25H2,1-2H3;1H/q+1;/p-1. The van der Waals surface area contributed by atoms with E-state index in [0.717, 1.165) is 48.8 Å². The molecule has 1 saturated heterocycles. The van der Waals surface area contributed by atoms with Crippen LogP contribution in [0.25, 0.3) is 0 Å². The van der Waals surface area contributed by atoms with E-state index in [1.807, 2.05) is 12.1 Å². The Balaban J connectivity index is 0.00000320. The fraction of sp³-hybridized carbons (Fsp3) is 0.273. The summed E-state index contributed by atoms with van der Waals surface area (Å²) in [5, 5.41) is 0.788. The van der Waals surface area contributed by atoms with E-state index in [9.17, 15) is 0 Å². The molecule has 5 rings (SSSR count). The maximum atomic E-state index is 6.25. The lowest BCUT2D eigenvalue weighted by atomic mass is 9.95. The molecule has 4 aromatic rings. The molecular weight excluding hydrogens is 540 g/mol.